The zero-order valence-electron chi connectivity index (χ0n) is 15.4. The molecule has 0 fully saturated rings. The Hall–Kier alpha value is -3.44. The maximum Gasteiger partial charge on any atom is 0.121 e. The van der Waals surface area contributed by atoms with Gasteiger partial charge in [-0.1, -0.05) is 36.4 Å². The second-order valence-electron chi connectivity index (χ2n) is 6.27. The summed E-state index contributed by atoms with van der Waals surface area (Å²) in [7, 11) is 0. The van der Waals surface area contributed by atoms with E-state index in [2.05, 4.69) is 22.2 Å². The maximum atomic E-state index is 5.82. The highest BCUT2D eigenvalue weighted by molar-refractivity contribution is 5.58. The summed E-state index contributed by atoms with van der Waals surface area (Å²) in [6.45, 7) is 1.63. The number of nitrogens with zero attached hydrogens (tertiary/aromatic N) is 3. The number of hydrogen-bond donors (Lipinski definition) is 0. The first-order chi connectivity index (χ1) is 13.9. The molecule has 4 aromatic rings. The van der Waals surface area contributed by atoms with E-state index in [1.54, 1.807) is 12.4 Å². The van der Waals surface area contributed by atoms with Crippen LogP contribution < -0.4 is 4.74 Å². The fraction of sp³-hybridized carbons (Fsp3) is 0.130. The standard InChI is InChI=1S/C23H21N3O2/c1-2-5-19(6-3-1)18-27-15-16-28-22-8-4-7-21(17-22)26-14-11-23(25-26)20-9-12-24-13-10-20/h1-14,17H,15-16,18H2. The van der Waals surface area contributed by atoms with Gasteiger partial charge in [0.25, 0.3) is 0 Å². The molecule has 0 N–H and O–H groups in total. The molecule has 0 spiro atoms. The third kappa shape index (κ3) is 4.64. The first-order valence-corrected chi connectivity index (χ1v) is 9.19. The van der Waals surface area contributed by atoms with Crippen molar-refractivity contribution in [3.8, 4) is 22.7 Å². The van der Waals surface area contributed by atoms with Crippen LogP contribution in [0.15, 0.2) is 91.4 Å². The van der Waals surface area contributed by atoms with Crippen LogP contribution in [0.5, 0.6) is 5.75 Å². The number of benzene rings is 2. The molecule has 0 aliphatic rings. The van der Waals surface area contributed by atoms with Gasteiger partial charge in [0, 0.05) is 30.2 Å². The molecule has 2 aromatic heterocycles. The Bertz CT molecular complexity index is 1000. The highest BCUT2D eigenvalue weighted by Crippen LogP contribution is 2.20. The molecular weight excluding hydrogens is 350 g/mol. The zero-order chi connectivity index (χ0) is 19.0. The molecule has 5 heteroatoms. The number of pyridine rings is 1. The average Bonchev–Trinajstić information content (AvgIpc) is 3.26. The molecule has 0 aliphatic heterocycles. The van der Waals surface area contributed by atoms with Gasteiger partial charge < -0.3 is 9.47 Å². The summed E-state index contributed by atoms with van der Waals surface area (Å²) in [4.78, 5) is 4.04. The Morgan fingerprint density at radius 2 is 1.68 bits per heavy atom. The molecule has 0 radical (unpaired) electrons. The highest BCUT2D eigenvalue weighted by atomic mass is 16.5. The van der Waals surface area contributed by atoms with Gasteiger partial charge in [0.05, 0.1) is 24.6 Å². The van der Waals surface area contributed by atoms with Crippen molar-refractivity contribution in [3.63, 3.8) is 0 Å². The molecule has 0 atom stereocenters. The molecule has 0 unspecified atom stereocenters. The Morgan fingerprint density at radius 1 is 0.821 bits per heavy atom. The molecule has 5 nitrogen and oxygen atoms in total. The SMILES string of the molecule is c1ccc(COCCOc2cccc(-n3ccc(-c4ccncc4)n3)c2)cc1. The molecule has 0 saturated carbocycles. The van der Waals surface area contributed by atoms with Gasteiger partial charge in [-0.05, 0) is 35.9 Å². The van der Waals surface area contributed by atoms with E-state index in [-0.39, 0.29) is 0 Å². The smallest absolute Gasteiger partial charge is 0.121 e. The fourth-order valence-electron chi connectivity index (χ4n) is 2.84. The molecular formula is C23H21N3O2. The Balaban J connectivity index is 1.32. The lowest BCUT2D eigenvalue weighted by molar-refractivity contribution is 0.0889. The van der Waals surface area contributed by atoms with Crippen molar-refractivity contribution in [1.29, 1.82) is 0 Å². The third-order valence-electron chi connectivity index (χ3n) is 4.26. The van der Waals surface area contributed by atoms with Crippen molar-refractivity contribution in [2.45, 2.75) is 6.61 Å². The molecule has 0 aliphatic carbocycles. The lowest BCUT2D eigenvalue weighted by Gasteiger charge is -2.09. The van der Waals surface area contributed by atoms with E-state index < -0.39 is 0 Å². The first-order valence-electron chi connectivity index (χ1n) is 9.19. The second-order valence-corrected chi connectivity index (χ2v) is 6.27. The van der Waals surface area contributed by atoms with Gasteiger partial charge >= 0.3 is 0 Å². The van der Waals surface area contributed by atoms with Crippen LogP contribution in [0.1, 0.15) is 5.56 Å². The molecule has 4 rings (SSSR count). The Kier molecular flexibility index (Phi) is 5.75. The van der Waals surface area contributed by atoms with Crippen LogP contribution >= 0.6 is 0 Å². The van der Waals surface area contributed by atoms with Gasteiger partial charge in [0.1, 0.15) is 12.4 Å². The lowest BCUT2D eigenvalue weighted by Crippen LogP contribution is -2.07. The van der Waals surface area contributed by atoms with Crippen molar-refractivity contribution in [3.05, 3.63) is 97.0 Å². The van der Waals surface area contributed by atoms with E-state index in [9.17, 15) is 0 Å². The van der Waals surface area contributed by atoms with Crippen LogP contribution in [0.2, 0.25) is 0 Å². The molecule has 2 heterocycles. The van der Waals surface area contributed by atoms with Crippen LogP contribution in [0.3, 0.4) is 0 Å². The highest BCUT2D eigenvalue weighted by Gasteiger charge is 2.05. The van der Waals surface area contributed by atoms with Crippen molar-refractivity contribution in [2.24, 2.45) is 0 Å². The summed E-state index contributed by atoms with van der Waals surface area (Å²) in [6.07, 6.45) is 5.48. The summed E-state index contributed by atoms with van der Waals surface area (Å²) in [5.74, 6) is 0.793. The van der Waals surface area contributed by atoms with Gasteiger partial charge in [0.2, 0.25) is 0 Å². The molecule has 0 amide bonds. The summed E-state index contributed by atoms with van der Waals surface area (Å²) in [6, 6.07) is 23.9. The molecule has 28 heavy (non-hydrogen) atoms. The average molecular weight is 371 g/mol. The number of aromatic nitrogens is 3. The maximum absolute atomic E-state index is 5.82. The minimum absolute atomic E-state index is 0.498. The van der Waals surface area contributed by atoms with Gasteiger partial charge in [-0.15, -0.1) is 0 Å². The molecule has 0 saturated heterocycles. The van der Waals surface area contributed by atoms with Crippen LogP contribution in [-0.2, 0) is 11.3 Å². The summed E-state index contributed by atoms with van der Waals surface area (Å²) in [5.41, 5.74) is 4.05. The quantitative estimate of drug-likeness (QED) is 0.427. The van der Waals surface area contributed by atoms with Crippen LogP contribution in [-0.4, -0.2) is 28.0 Å². The van der Waals surface area contributed by atoms with Crippen molar-refractivity contribution in [2.75, 3.05) is 13.2 Å². The fourth-order valence-corrected chi connectivity index (χ4v) is 2.84. The Morgan fingerprint density at radius 3 is 2.54 bits per heavy atom. The van der Waals surface area contributed by atoms with E-state index >= 15 is 0 Å². The minimum atomic E-state index is 0.498. The normalized spacial score (nSPS) is 10.7. The predicted molar refractivity (Wildman–Crippen MR) is 108 cm³/mol. The van der Waals surface area contributed by atoms with Gasteiger partial charge in [0.15, 0.2) is 0 Å². The van der Waals surface area contributed by atoms with Crippen molar-refractivity contribution < 1.29 is 9.47 Å². The monoisotopic (exact) mass is 371 g/mol. The van der Waals surface area contributed by atoms with Crippen molar-refractivity contribution >= 4 is 0 Å². The molecule has 2 aromatic carbocycles. The number of rotatable bonds is 8. The molecule has 140 valence electrons. The van der Waals surface area contributed by atoms with E-state index in [0.717, 1.165) is 28.3 Å². The largest absolute Gasteiger partial charge is 0.491 e. The van der Waals surface area contributed by atoms with Crippen LogP contribution in [0, 0.1) is 0 Å². The zero-order valence-corrected chi connectivity index (χ0v) is 15.4. The lowest BCUT2D eigenvalue weighted by atomic mass is 10.2. The van der Waals surface area contributed by atoms with E-state index in [1.807, 2.05) is 71.5 Å². The Labute approximate surface area is 164 Å². The van der Waals surface area contributed by atoms with E-state index in [1.165, 1.54) is 0 Å². The van der Waals surface area contributed by atoms with E-state index in [0.29, 0.717) is 19.8 Å². The van der Waals surface area contributed by atoms with Crippen LogP contribution in [0.25, 0.3) is 16.9 Å². The summed E-state index contributed by atoms with van der Waals surface area (Å²) in [5, 5.41) is 4.64. The van der Waals surface area contributed by atoms with Gasteiger partial charge in [-0.2, -0.15) is 5.10 Å². The molecule has 0 bridgehead atoms. The first kappa shape index (κ1) is 17.9. The second kappa shape index (κ2) is 8.97. The summed E-state index contributed by atoms with van der Waals surface area (Å²) >= 11 is 0. The number of ether oxygens (including phenoxy) is 2. The van der Waals surface area contributed by atoms with Crippen LogP contribution in [0.4, 0.5) is 0 Å². The van der Waals surface area contributed by atoms with Gasteiger partial charge in [-0.25, -0.2) is 4.68 Å². The van der Waals surface area contributed by atoms with E-state index in [4.69, 9.17) is 9.47 Å². The third-order valence-corrected chi connectivity index (χ3v) is 4.26. The topological polar surface area (TPSA) is 49.2 Å². The number of hydrogen-bond acceptors (Lipinski definition) is 4. The van der Waals surface area contributed by atoms with Crippen molar-refractivity contribution in [1.82, 2.24) is 14.8 Å². The van der Waals surface area contributed by atoms with Gasteiger partial charge in [-0.3, -0.25) is 4.98 Å². The predicted octanol–water partition coefficient (Wildman–Crippen LogP) is 4.53. The summed E-state index contributed by atoms with van der Waals surface area (Å²) < 4.78 is 13.3. The minimum Gasteiger partial charge on any atom is -0.491 e.